The van der Waals surface area contributed by atoms with Gasteiger partial charge in [0.1, 0.15) is 5.82 Å². The third-order valence-electron chi connectivity index (χ3n) is 3.23. The fraction of sp³-hybridized carbons (Fsp3) is 0.429. The van der Waals surface area contributed by atoms with E-state index in [1.165, 1.54) is 23.8 Å². The molecule has 0 spiro atoms. The average molecular weight is 283 g/mol. The summed E-state index contributed by atoms with van der Waals surface area (Å²) in [6, 6.07) is 3.79. The molecule has 1 aliphatic rings. The Morgan fingerprint density at radius 1 is 1.47 bits per heavy atom. The minimum Gasteiger partial charge on any atom is -0.306 e. The molecule has 1 aliphatic heterocycles. The van der Waals surface area contributed by atoms with E-state index in [0.29, 0.717) is 18.5 Å². The van der Waals surface area contributed by atoms with Crippen LogP contribution in [0.25, 0.3) is 0 Å². The average Bonchev–Trinajstić information content (AvgIpc) is 2.31. The van der Waals surface area contributed by atoms with E-state index in [4.69, 9.17) is 0 Å². The molecule has 1 aromatic rings. The zero-order valence-corrected chi connectivity index (χ0v) is 11.9. The van der Waals surface area contributed by atoms with Crippen molar-refractivity contribution in [3.05, 3.63) is 41.2 Å². The van der Waals surface area contributed by atoms with Crippen LogP contribution in [0.4, 0.5) is 4.39 Å². The number of benzene rings is 1. The normalized spacial score (nSPS) is 20.7. The van der Waals surface area contributed by atoms with Gasteiger partial charge in [-0.3, -0.25) is 0 Å². The molecule has 1 unspecified atom stereocenters. The second-order valence-corrected chi connectivity index (χ2v) is 7.11. The number of fused-ring (bicyclic) bond motifs is 1. The molecule has 0 fully saturated rings. The van der Waals surface area contributed by atoms with E-state index in [1.807, 2.05) is 19.9 Å². The molecule has 2 rings (SSSR count). The topological polar surface area (TPSA) is 46.2 Å². The van der Waals surface area contributed by atoms with E-state index in [1.54, 1.807) is 0 Å². The molecule has 19 heavy (non-hydrogen) atoms. The summed E-state index contributed by atoms with van der Waals surface area (Å²) in [6.45, 7) is 4.66. The van der Waals surface area contributed by atoms with Crippen LogP contribution in [0.5, 0.6) is 0 Å². The van der Waals surface area contributed by atoms with Crippen LogP contribution in [0, 0.1) is 5.82 Å². The minimum atomic E-state index is -3.26. The van der Waals surface area contributed by atoms with Gasteiger partial charge >= 0.3 is 0 Å². The summed E-state index contributed by atoms with van der Waals surface area (Å²) in [6.07, 6.45) is 2.51. The third-order valence-corrected chi connectivity index (χ3v) is 5.05. The van der Waals surface area contributed by atoms with Crippen LogP contribution in [-0.4, -0.2) is 20.7 Å². The zero-order valence-electron chi connectivity index (χ0n) is 11.1. The highest BCUT2D eigenvalue weighted by molar-refractivity contribution is 7.91. The van der Waals surface area contributed by atoms with Crippen molar-refractivity contribution in [3.8, 4) is 0 Å². The fourth-order valence-corrected chi connectivity index (χ4v) is 3.83. The van der Waals surface area contributed by atoms with E-state index in [2.05, 4.69) is 5.32 Å². The van der Waals surface area contributed by atoms with E-state index < -0.39 is 15.7 Å². The van der Waals surface area contributed by atoms with E-state index >= 15 is 0 Å². The quantitative estimate of drug-likeness (QED) is 0.685. The number of hydrogen-bond acceptors (Lipinski definition) is 3. The van der Waals surface area contributed by atoms with E-state index in [9.17, 15) is 12.8 Å². The highest BCUT2D eigenvalue weighted by Gasteiger charge is 2.30. The molecule has 0 saturated heterocycles. The Hall–Kier alpha value is -1.20. The number of sulfone groups is 1. The van der Waals surface area contributed by atoms with Gasteiger partial charge in [0.15, 0.2) is 9.84 Å². The van der Waals surface area contributed by atoms with E-state index in [0.717, 1.165) is 0 Å². The Morgan fingerprint density at radius 2 is 2.21 bits per heavy atom. The fourth-order valence-electron chi connectivity index (χ4n) is 2.23. The van der Waals surface area contributed by atoms with Gasteiger partial charge in [-0.15, -0.1) is 0 Å². The molecule has 5 heteroatoms. The Morgan fingerprint density at radius 3 is 2.89 bits per heavy atom. The molecule has 1 atom stereocenters. The summed E-state index contributed by atoms with van der Waals surface area (Å²) in [7, 11) is -3.26. The third kappa shape index (κ3) is 3.22. The highest BCUT2D eigenvalue weighted by Crippen LogP contribution is 2.32. The molecular weight excluding hydrogens is 265 g/mol. The van der Waals surface area contributed by atoms with Crippen molar-refractivity contribution in [2.24, 2.45) is 0 Å². The summed E-state index contributed by atoms with van der Waals surface area (Å²) in [4.78, 5) is 0.259. The molecule has 104 valence electrons. The minimum absolute atomic E-state index is 0.107. The summed E-state index contributed by atoms with van der Waals surface area (Å²) >= 11 is 0. The first kappa shape index (κ1) is 14.2. The first-order chi connectivity index (χ1) is 8.90. The lowest BCUT2D eigenvalue weighted by Gasteiger charge is -2.26. The summed E-state index contributed by atoms with van der Waals surface area (Å²) < 4.78 is 37.2. The smallest absolute Gasteiger partial charge is 0.178 e. The van der Waals surface area contributed by atoms with Gasteiger partial charge in [0.25, 0.3) is 0 Å². The maximum absolute atomic E-state index is 13.3. The van der Waals surface area contributed by atoms with Gasteiger partial charge in [-0.05, 0) is 44.0 Å². The second-order valence-electron chi connectivity index (χ2n) is 5.03. The number of nitrogens with one attached hydrogen (secondary N) is 1. The van der Waals surface area contributed by atoms with Crippen LogP contribution in [0.3, 0.4) is 0 Å². The van der Waals surface area contributed by atoms with Gasteiger partial charge in [0.2, 0.25) is 0 Å². The van der Waals surface area contributed by atoms with Crippen molar-refractivity contribution < 1.29 is 12.8 Å². The van der Waals surface area contributed by atoms with Gasteiger partial charge in [-0.1, -0.05) is 11.6 Å². The first-order valence-corrected chi connectivity index (χ1v) is 7.94. The van der Waals surface area contributed by atoms with Gasteiger partial charge in [0, 0.05) is 12.6 Å². The lowest BCUT2D eigenvalue weighted by Crippen LogP contribution is -2.30. The molecule has 0 amide bonds. The summed E-state index contributed by atoms with van der Waals surface area (Å²) in [5, 5.41) is 3.27. The van der Waals surface area contributed by atoms with E-state index in [-0.39, 0.29) is 16.7 Å². The number of halogens is 1. The van der Waals surface area contributed by atoms with Crippen molar-refractivity contribution in [2.75, 3.05) is 12.3 Å². The molecule has 3 nitrogen and oxygen atoms in total. The van der Waals surface area contributed by atoms with Crippen LogP contribution in [0.1, 0.15) is 31.9 Å². The molecule has 1 N–H and O–H groups in total. The van der Waals surface area contributed by atoms with Crippen LogP contribution < -0.4 is 5.32 Å². The van der Waals surface area contributed by atoms with Crippen LogP contribution in [-0.2, 0) is 9.84 Å². The van der Waals surface area contributed by atoms with Crippen LogP contribution in [0.15, 0.2) is 34.7 Å². The predicted molar refractivity (Wildman–Crippen MR) is 73.2 cm³/mol. The summed E-state index contributed by atoms with van der Waals surface area (Å²) in [5.41, 5.74) is 1.74. The predicted octanol–water partition coefficient (Wildman–Crippen LogP) is 2.60. The summed E-state index contributed by atoms with van der Waals surface area (Å²) in [5.74, 6) is -0.289. The van der Waals surface area contributed by atoms with Gasteiger partial charge in [-0.25, -0.2) is 12.8 Å². The second kappa shape index (κ2) is 5.43. The number of hydrogen-bond donors (Lipinski definition) is 1. The highest BCUT2D eigenvalue weighted by atomic mass is 32.2. The number of rotatable bonds is 3. The zero-order chi connectivity index (χ0) is 14.0. The molecular formula is C14H18FNO2S. The maximum Gasteiger partial charge on any atom is 0.178 e. The molecule has 0 aromatic heterocycles. The first-order valence-electron chi connectivity index (χ1n) is 6.29. The lowest BCUT2D eigenvalue weighted by molar-refractivity contribution is 0.508. The van der Waals surface area contributed by atoms with Gasteiger partial charge in [0.05, 0.1) is 10.6 Å². The van der Waals surface area contributed by atoms with Crippen molar-refractivity contribution >= 4 is 9.84 Å². The Kier molecular flexibility index (Phi) is 4.06. The van der Waals surface area contributed by atoms with Crippen LogP contribution >= 0.6 is 0 Å². The standard InChI is InChI=1S/C14H18FNO2S/c1-10(2)5-7-16-13-6-8-19(17,18)14-4-3-11(15)9-12(13)14/h3-5,9,13,16H,6-8H2,1-2H3. The van der Waals surface area contributed by atoms with Gasteiger partial charge in [-0.2, -0.15) is 0 Å². The van der Waals surface area contributed by atoms with Crippen LogP contribution in [0.2, 0.25) is 0 Å². The Balaban J connectivity index is 2.30. The molecule has 1 heterocycles. The molecule has 1 aromatic carbocycles. The van der Waals surface area contributed by atoms with Crippen molar-refractivity contribution in [2.45, 2.75) is 31.2 Å². The van der Waals surface area contributed by atoms with Crippen molar-refractivity contribution in [1.82, 2.24) is 5.32 Å². The lowest BCUT2D eigenvalue weighted by atomic mass is 10.0. The number of allylic oxidation sites excluding steroid dienone is 1. The maximum atomic E-state index is 13.3. The van der Waals surface area contributed by atoms with Crippen molar-refractivity contribution in [1.29, 1.82) is 0 Å². The SMILES string of the molecule is CC(C)=CCNC1CCS(=O)(=O)c2ccc(F)cc21. The van der Waals surface area contributed by atoms with Crippen molar-refractivity contribution in [3.63, 3.8) is 0 Å². The van der Waals surface area contributed by atoms with Gasteiger partial charge < -0.3 is 5.32 Å². The molecule has 0 saturated carbocycles. The monoisotopic (exact) mass is 283 g/mol. The molecule has 0 aliphatic carbocycles. The molecule has 0 bridgehead atoms. The Labute approximate surface area is 113 Å². The Bertz CT molecular complexity index is 604. The molecule has 0 radical (unpaired) electrons. The largest absolute Gasteiger partial charge is 0.306 e.